The Morgan fingerprint density at radius 2 is 1.17 bits per heavy atom. The van der Waals surface area contributed by atoms with Crippen molar-refractivity contribution in [1.82, 2.24) is 31.6 Å². The fourth-order valence-electron chi connectivity index (χ4n) is 6.51. The van der Waals surface area contributed by atoms with Gasteiger partial charge >= 0.3 is 11.9 Å². The fourth-order valence-corrected chi connectivity index (χ4v) is 6.51. The lowest BCUT2D eigenvalue weighted by molar-refractivity contribution is -0.143. The molecule has 0 aliphatic rings. The number of H-pyrrole nitrogens is 1. The number of aromatic nitrogens is 1. The molecule has 0 aliphatic heterocycles. The summed E-state index contributed by atoms with van der Waals surface area (Å²) in [7, 11) is 0. The van der Waals surface area contributed by atoms with E-state index in [9.17, 15) is 48.9 Å². The number of aliphatic carboxylic acids is 2. The number of amides is 5. The third-order valence-corrected chi connectivity index (χ3v) is 10.2. The van der Waals surface area contributed by atoms with Gasteiger partial charge in [-0.2, -0.15) is 0 Å². The van der Waals surface area contributed by atoms with Crippen LogP contribution in [0, 0.1) is 5.92 Å². The Kier molecular flexibility index (Phi) is 17.3. The summed E-state index contributed by atoms with van der Waals surface area (Å²) in [5.74, 6) is -7.37. The molecule has 0 aliphatic carbocycles. The van der Waals surface area contributed by atoms with Crippen LogP contribution < -0.4 is 32.3 Å². The Labute approximate surface area is 346 Å². The first kappa shape index (κ1) is 46.1. The number of aromatic amines is 1. The maximum Gasteiger partial charge on any atom is 0.326 e. The standard InChI is InChI=1S/C43H53N7O10/c1-3-25(2)37(50-41(57)35(24-51)49-38(54)30(44)20-26-12-6-4-7-13-26)42(58)47-33(21-27-14-8-5-9-15-27)40(56)46-32(18-19-36(52)53)39(55)48-34(43(59)60)22-28-23-45-31-17-11-10-16-29(28)31/h4-17,23,25,30,32-35,37,45,51H,3,18-22,24,44H2,1-2H3,(H,46,56)(H,47,58)(H,48,55)(H,49,54)(H,50,57)(H,52,53)(H,59,60)/t25-,30-,32-,33-,34-,35-,37-/m0/s1. The topological polar surface area (TPSA) is 282 Å². The van der Waals surface area contributed by atoms with Crippen molar-refractivity contribution in [3.8, 4) is 0 Å². The van der Waals surface area contributed by atoms with Gasteiger partial charge in [0.1, 0.15) is 30.2 Å². The van der Waals surface area contributed by atoms with E-state index in [0.29, 0.717) is 17.5 Å². The number of carboxylic acid groups (broad SMARTS) is 2. The zero-order valence-electron chi connectivity index (χ0n) is 33.4. The van der Waals surface area contributed by atoms with E-state index in [1.165, 1.54) is 0 Å². The van der Waals surface area contributed by atoms with Crippen molar-refractivity contribution < 1.29 is 48.9 Å². The smallest absolute Gasteiger partial charge is 0.326 e. The zero-order chi connectivity index (χ0) is 43.8. The van der Waals surface area contributed by atoms with Crippen LogP contribution in [0.25, 0.3) is 10.9 Å². The van der Waals surface area contributed by atoms with Gasteiger partial charge in [-0.05, 0) is 41.5 Å². The van der Waals surface area contributed by atoms with Gasteiger partial charge in [-0.15, -0.1) is 0 Å². The van der Waals surface area contributed by atoms with Crippen LogP contribution in [0.2, 0.25) is 0 Å². The quantitative estimate of drug-likeness (QED) is 0.0502. The lowest BCUT2D eigenvalue weighted by Crippen LogP contribution is -2.61. The minimum atomic E-state index is -1.53. The van der Waals surface area contributed by atoms with Crippen LogP contribution in [-0.4, -0.2) is 105 Å². The third-order valence-electron chi connectivity index (χ3n) is 10.2. The van der Waals surface area contributed by atoms with Crippen molar-refractivity contribution in [3.05, 3.63) is 108 Å². The molecule has 0 bridgehead atoms. The van der Waals surface area contributed by atoms with Crippen LogP contribution in [-0.2, 0) is 52.8 Å². The van der Waals surface area contributed by atoms with Crippen molar-refractivity contribution in [2.45, 2.75) is 88.6 Å². The molecule has 17 nitrogen and oxygen atoms in total. The molecule has 11 N–H and O–H groups in total. The summed E-state index contributed by atoms with van der Waals surface area (Å²) in [6.07, 6.45) is 0.988. The molecular weight excluding hydrogens is 775 g/mol. The summed E-state index contributed by atoms with van der Waals surface area (Å²) in [5, 5.41) is 43.0. The molecule has 0 fully saturated rings. The van der Waals surface area contributed by atoms with Gasteiger partial charge in [-0.1, -0.05) is 99.1 Å². The van der Waals surface area contributed by atoms with Crippen molar-refractivity contribution in [2.24, 2.45) is 11.7 Å². The van der Waals surface area contributed by atoms with Crippen molar-refractivity contribution in [1.29, 1.82) is 0 Å². The molecule has 320 valence electrons. The van der Waals surface area contributed by atoms with E-state index in [2.05, 4.69) is 31.6 Å². The van der Waals surface area contributed by atoms with Crippen molar-refractivity contribution in [2.75, 3.05) is 6.61 Å². The molecule has 0 unspecified atom stereocenters. The van der Waals surface area contributed by atoms with E-state index in [0.717, 1.165) is 16.5 Å². The highest BCUT2D eigenvalue weighted by Gasteiger charge is 2.35. The first-order valence-electron chi connectivity index (χ1n) is 19.7. The third kappa shape index (κ3) is 13.5. The molecule has 3 aromatic carbocycles. The Morgan fingerprint density at radius 3 is 1.77 bits per heavy atom. The Morgan fingerprint density at radius 1 is 0.633 bits per heavy atom. The second-order valence-corrected chi connectivity index (χ2v) is 14.6. The summed E-state index contributed by atoms with van der Waals surface area (Å²) in [6.45, 7) is 2.64. The summed E-state index contributed by atoms with van der Waals surface area (Å²) in [6, 6.07) is 16.6. The normalized spacial score (nSPS) is 14.6. The molecule has 4 rings (SSSR count). The molecule has 4 aromatic rings. The predicted octanol–water partition coefficient (Wildman–Crippen LogP) is 0.935. The highest BCUT2D eigenvalue weighted by Crippen LogP contribution is 2.19. The molecule has 1 heterocycles. The second-order valence-electron chi connectivity index (χ2n) is 14.6. The van der Waals surface area contributed by atoms with Gasteiger partial charge < -0.3 is 52.6 Å². The summed E-state index contributed by atoms with van der Waals surface area (Å²) >= 11 is 0. The van der Waals surface area contributed by atoms with Gasteiger partial charge in [0, 0.05) is 36.4 Å². The Balaban J connectivity index is 1.52. The van der Waals surface area contributed by atoms with Gasteiger partial charge in [0.05, 0.1) is 12.6 Å². The molecule has 0 radical (unpaired) electrons. The number of hydrogen-bond donors (Lipinski definition) is 10. The van der Waals surface area contributed by atoms with Crippen LogP contribution in [0.1, 0.15) is 49.8 Å². The number of carbonyl (C=O) groups is 7. The van der Waals surface area contributed by atoms with Crippen molar-refractivity contribution >= 4 is 52.4 Å². The molecule has 7 atom stereocenters. The first-order chi connectivity index (χ1) is 28.7. The number of nitrogens with two attached hydrogens (primary N) is 1. The van der Waals surface area contributed by atoms with E-state index >= 15 is 0 Å². The van der Waals surface area contributed by atoms with Crippen LogP contribution in [0.4, 0.5) is 0 Å². The molecule has 0 spiro atoms. The first-order valence-corrected chi connectivity index (χ1v) is 19.7. The number of aliphatic hydroxyl groups excluding tert-OH is 1. The molecular formula is C43H53N7O10. The largest absolute Gasteiger partial charge is 0.481 e. The van der Waals surface area contributed by atoms with Gasteiger partial charge in [-0.3, -0.25) is 28.8 Å². The number of rotatable bonds is 23. The van der Waals surface area contributed by atoms with E-state index in [1.807, 2.05) is 18.2 Å². The van der Waals surface area contributed by atoms with E-state index in [-0.39, 0.29) is 19.3 Å². The van der Waals surface area contributed by atoms with E-state index in [4.69, 9.17) is 5.73 Å². The number of hydrogen-bond acceptors (Lipinski definition) is 9. The van der Waals surface area contributed by atoms with Gasteiger partial charge in [0.15, 0.2) is 0 Å². The summed E-state index contributed by atoms with van der Waals surface area (Å²) in [5.41, 5.74) is 8.84. The number of carboxylic acids is 2. The molecule has 0 saturated heterocycles. The second kappa shape index (κ2) is 22.5. The predicted molar refractivity (Wildman–Crippen MR) is 221 cm³/mol. The lowest BCUT2D eigenvalue weighted by atomic mass is 9.96. The average molecular weight is 828 g/mol. The molecule has 1 aromatic heterocycles. The molecule has 17 heteroatoms. The van der Waals surface area contributed by atoms with Gasteiger partial charge in [0.2, 0.25) is 29.5 Å². The Hall–Kier alpha value is -6.59. The molecule has 60 heavy (non-hydrogen) atoms. The summed E-state index contributed by atoms with van der Waals surface area (Å²) < 4.78 is 0. The molecule has 5 amide bonds. The zero-order valence-corrected chi connectivity index (χ0v) is 33.4. The summed E-state index contributed by atoms with van der Waals surface area (Å²) in [4.78, 5) is 95.2. The van der Waals surface area contributed by atoms with Crippen LogP contribution in [0.5, 0.6) is 0 Å². The van der Waals surface area contributed by atoms with Gasteiger partial charge in [-0.25, -0.2) is 4.79 Å². The Bertz CT molecular complexity index is 2090. The number of fused-ring (bicyclic) bond motifs is 1. The maximum atomic E-state index is 14.1. The number of para-hydroxylation sites is 1. The van der Waals surface area contributed by atoms with Crippen molar-refractivity contribution in [3.63, 3.8) is 0 Å². The van der Waals surface area contributed by atoms with E-state index < -0.39 is 103 Å². The number of aliphatic hydroxyl groups is 1. The highest BCUT2D eigenvalue weighted by atomic mass is 16.4. The highest BCUT2D eigenvalue weighted by molar-refractivity contribution is 5.97. The monoisotopic (exact) mass is 827 g/mol. The van der Waals surface area contributed by atoms with Crippen LogP contribution in [0.3, 0.4) is 0 Å². The average Bonchev–Trinajstić information content (AvgIpc) is 3.65. The minimum Gasteiger partial charge on any atom is -0.481 e. The lowest BCUT2D eigenvalue weighted by Gasteiger charge is -2.29. The van der Waals surface area contributed by atoms with Crippen LogP contribution >= 0.6 is 0 Å². The molecule has 0 saturated carbocycles. The number of carbonyl (C=O) groups excluding carboxylic acids is 5. The van der Waals surface area contributed by atoms with Gasteiger partial charge in [0.25, 0.3) is 0 Å². The van der Waals surface area contributed by atoms with E-state index in [1.54, 1.807) is 86.8 Å². The maximum absolute atomic E-state index is 14.1. The SMILES string of the molecule is CC[C@H](C)[C@H](NC(=O)[C@H](CO)NC(=O)[C@@H](N)Cc1ccccc1)C(=O)N[C@@H](Cc1ccccc1)C(=O)N[C@@H](CCC(=O)O)C(=O)N[C@@H](Cc1c[nH]c2ccccc12)C(=O)O. The minimum absolute atomic E-state index is 0.0974. The number of benzene rings is 3. The fraction of sp³-hybridized carbons (Fsp3) is 0.372. The number of nitrogens with one attached hydrogen (secondary N) is 6. The van der Waals surface area contributed by atoms with Crippen LogP contribution in [0.15, 0.2) is 91.1 Å².